The van der Waals surface area contributed by atoms with Gasteiger partial charge in [-0.1, -0.05) is 6.92 Å². The molecule has 1 fully saturated rings. The zero-order valence-electron chi connectivity index (χ0n) is 12.0. The molecular formula is C14H27N3O. The van der Waals surface area contributed by atoms with E-state index in [9.17, 15) is 5.26 Å². The highest BCUT2D eigenvalue weighted by Gasteiger charge is 2.28. The van der Waals surface area contributed by atoms with E-state index in [2.05, 4.69) is 37.1 Å². The molecule has 1 atom stereocenters. The van der Waals surface area contributed by atoms with Gasteiger partial charge >= 0.3 is 0 Å². The summed E-state index contributed by atoms with van der Waals surface area (Å²) in [7, 11) is 0. The predicted octanol–water partition coefficient (Wildman–Crippen LogP) is 1.77. The molecule has 4 nitrogen and oxygen atoms in total. The molecule has 0 spiro atoms. The lowest BCUT2D eigenvalue weighted by Crippen LogP contribution is -2.47. The lowest BCUT2D eigenvalue weighted by atomic mass is 9.91. The quantitative estimate of drug-likeness (QED) is 0.751. The van der Waals surface area contributed by atoms with Gasteiger partial charge < -0.3 is 4.74 Å². The number of nitrogens with one attached hydrogen (secondary N) is 1. The lowest BCUT2D eigenvalue weighted by molar-refractivity contribution is 0.0364. The van der Waals surface area contributed by atoms with Crippen LogP contribution >= 0.6 is 0 Å². The van der Waals surface area contributed by atoms with Crippen molar-refractivity contribution in [3.05, 3.63) is 0 Å². The maximum atomic E-state index is 9.42. The SMILES string of the molecule is CCC(C#N)(CCCN1CCOCC1)NC(C)C. The Kier molecular flexibility index (Phi) is 6.62. The van der Waals surface area contributed by atoms with E-state index in [0.717, 1.165) is 52.1 Å². The second kappa shape index (κ2) is 7.73. The molecule has 104 valence electrons. The van der Waals surface area contributed by atoms with Crippen LogP contribution in [0.25, 0.3) is 0 Å². The molecule has 0 amide bonds. The summed E-state index contributed by atoms with van der Waals surface area (Å²) in [5.74, 6) is 0. The number of hydrogen-bond donors (Lipinski definition) is 1. The van der Waals surface area contributed by atoms with Gasteiger partial charge in [-0.2, -0.15) is 5.26 Å². The first-order chi connectivity index (χ1) is 8.62. The van der Waals surface area contributed by atoms with Crippen LogP contribution in [0.3, 0.4) is 0 Å². The van der Waals surface area contributed by atoms with E-state index in [1.807, 2.05) is 0 Å². The monoisotopic (exact) mass is 253 g/mol. The van der Waals surface area contributed by atoms with E-state index >= 15 is 0 Å². The average molecular weight is 253 g/mol. The molecule has 18 heavy (non-hydrogen) atoms. The molecular weight excluding hydrogens is 226 g/mol. The van der Waals surface area contributed by atoms with Gasteiger partial charge in [-0.25, -0.2) is 0 Å². The summed E-state index contributed by atoms with van der Waals surface area (Å²) in [5.41, 5.74) is -0.347. The van der Waals surface area contributed by atoms with E-state index < -0.39 is 0 Å². The molecule has 0 aromatic carbocycles. The third kappa shape index (κ3) is 4.93. The first-order valence-electron chi connectivity index (χ1n) is 7.11. The van der Waals surface area contributed by atoms with E-state index in [-0.39, 0.29) is 5.54 Å². The second-order valence-electron chi connectivity index (χ2n) is 5.40. The van der Waals surface area contributed by atoms with Gasteiger partial charge in [0.05, 0.1) is 19.3 Å². The molecule has 1 saturated heterocycles. The summed E-state index contributed by atoms with van der Waals surface area (Å²) < 4.78 is 5.34. The first kappa shape index (κ1) is 15.4. The number of nitrogens with zero attached hydrogens (tertiary/aromatic N) is 2. The van der Waals surface area contributed by atoms with Crippen LogP contribution in [0.4, 0.5) is 0 Å². The Labute approximate surface area is 111 Å². The standard InChI is InChI=1S/C14H27N3O/c1-4-14(12-15,16-13(2)3)6-5-7-17-8-10-18-11-9-17/h13,16H,4-11H2,1-3H3. The Balaban J connectivity index is 2.35. The molecule has 1 N–H and O–H groups in total. The third-order valence-corrected chi connectivity index (χ3v) is 3.56. The average Bonchev–Trinajstić information content (AvgIpc) is 2.38. The smallest absolute Gasteiger partial charge is 0.106 e. The summed E-state index contributed by atoms with van der Waals surface area (Å²) in [6.45, 7) is 11.1. The molecule has 1 heterocycles. The Morgan fingerprint density at radius 2 is 2.06 bits per heavy atom. The summed E-state index contributed by atoms with van der Waals surface area (Å²) in [6, 6.07) is 2.83. The fourth-order valence-corrected chi connectivity index (χ4v) is 2.50. The molecule has 0 aromatic rings. The Morgan fingerprint density at radius 3 is 2.56 bits per heavy atom. The highest BCUT2D eigenvalue weighted by atomic mass is 16.5. The zero-order valence-corrected chi connectivity index (χ0v) is 12.0. The molecule has 0 aromatic heterocycles. The molecule has 0 bridgehead atoms. The van der Waals surface area contributed by atoms with Gasteiger partial charge in [-0.3, -0.25) is 10.2 Å². The fraction of sp³-hybridized carbons (Fsp3) is 0.929. The summed E-state index contributed by atoms with van der Waals surface area (Å²) in [6.07, 6.45) is 2.86. The molecule has 0 aliphatic carbocycles. The molecule has 1 rings (SSSR count). The fourth-order valence-electron chi connectivity index (χ4n) is 2.50. The maximum Gasteiger partial charge on any atom is 0.106 e. The highest BCUT2D eigenvalue weighted by Crippen LogP contribution is 2.18. The van der Waals surface area contributed by atoms with Crippen molar-refractivity contribution >= 4 is 0 Å². The van der Waals surface area contributed by atoms with Crippen molar-refractivity contribution in [2.24, 2.45) is 0 Å². The van der Waals surface area contributed by atoms with Crippen molar-refractivity contribution in [2.75, 3.05) is 32.8 Å². The number of ether oxygens (including phenoxy) is 1. The topological polar surface area (TPSA) is 48.3 Å². The zero-order chi connectivity index (χ0) is 13.4. The first-order valence-corrected chi connectivity index (χ1v) is 7.11. The highest BCUT2D eigenvalue weighted by molar-refractivity contribution is 5.06. The number of nitriles is 1. The van der Waals surface area contributed by atoms with Crippen molar-refractivity contribution in [1.29, 1.82) is 5.26 Å². The summed E-state index contributed by atoms with van der Waals surface area (Å²) >= 11 is 0. The van der Waals surface area contributed by atoms with Crippen molar-refractivity contribution in [3.63, 3.8) is 0 Å². The van der Waals surface area contributed by atoms with Crippen LogP contribution in [0, 0.1) is 11.3 Å². The van der Waals surface area contributed by atoms with E-state index in [1.54, 1.807) is 0 Å². The minimum atomic E-state index is -0.347. The molecule has 0 radical (unpaired) electrons. The van der Waals surface area contributed by atoms with Crippen LogP contribution in [0.2, 0.25) is 0 Å². The van der Waals surface area contributed by atoms with Crippen LogP contribution < -0.4 is 5.32 Å². The largest absolute Gasteiger partial charge is 0.379 e. The number of hydrogen-bond acceptors (Lipinski definition) is 4. The summed E-state index contributed by atoms with van der Waals surface area (Å²) in [5, 5.41) is 12.8. The van der Waals surface area contributed by atoms with E-state index in [4.69, 9.17) is 4.74 Å². The lowest BCUT2D eigenvalue weighted by Gasteiger charge is -2.31. The number of rotatable bonds is 7. The molecule has 0 saturated carbocycles. The van der Waals surface area contributed by atoms with Crippen molar-refractivity contribution in [2.45, 2.75) is 51.6 Å². The minimum absolute atomic E-state index is 0.347. The van der Waals surface area contributed by atoms with Gasteiger partial charge in [0.1, 0.15) is 5.54 Å². The van der Waals surface area contributed by atoms with Gasteiger partial charge in [0.15, 0.2) is 0 Å². The van der Waals surface area contributed by atoms with Crippen molar-refractivity contribution < 1.29 is 4.74 Å². The van der Waals surface area contributed by atoms with Crippen LogP contribution in [-0.4, -0.2) is 49.3 Å². The van der Waals surface area contributed by atoms with Gasteiger partial charge in [-0.15, -0.1) is 0 Å². The maximum absolute atomic E-state index is 9.42. The molecule has 1 aliphatic heterocycles. The van der Waals surface area contributed by atoms with Crippen LogP contribution in [0.15, 0.2) is 0 Å². The second-order valence-corrected chi connectivity index (χ2v) is 5.40. The van der Waals surface area contributed by atoms with E-state index in [1.165, 1.54) is 0 Å². The Bertz CT molecular complexity index is 269. The van der Waals surface area contributed by atoms with E-state index in [0.29, 0.717) is 6.04 Å². The number of morpholine rings is 1. The van der Waals surface area contributed by atoms with Crippen molar-refractivity contribution in [1.82, 2.24) is 10.2 Å². The van der Waals surface area contributed by atoms with Gasteiger partial charge in [0, 0.05) is 19.1 Å². The predicted molar refractivity (Wildman–Crippen MR) is 73.4 cm³/mol. The Morgan fingerprint density at radius 1 is 1.39 bits per heavy atom. The molecule has 4 heteroatoms. The molecule has 1 aliphatic rings. The molecule has 1 unspecified atom stereocenters. The van der Waals surface area contributed by atoms with Crippen LogP contribution in [0.1, 0.15) is 40.0 Å². The van der Waals surface area contributed by atoms with Crippen LogP contribution in [0.5, 0.6) is 0 Å². The summed E-state index contributed by atoms with van der Waals surface area (Å²) in [4.78, 5) is 2.43. The Hall–Kier alpha value is -0.630. The van der Waals surface area contributed by atoms with Gasteiger partial charge in [0.25, 0.3) is 0 Å². The normalized spacial score (nSPS) is 20.6. The third-order valence-electron chi connectivity index (χ3n) is 3.56. The van der Waals surface area contributed by atoms with Gasteiger partial charge in [0.2, 0.25) is 0 Å². The van der Waals surface area contributed by atoms with Gasteiger partial charge in [-0.05, 0) is 39.7 Å². The van der Waals surface area contributed by atoms with Crippen molar-refractivity contribution in [3.8, 4) is 6.07 Å². The van der Waals surface area contributed by atoms with Crippen LogP contribution in [-0.2, 0) is 4.74 Å². The minimum Gasteiger partial charge on any atom is -0.379 e.